The quantitative estimate of drug-likeness (QED) is 0.464. The summed E-state index contributed by atoms with van der Waals surface area (Å²) in [6.45, 7) is 14.7. The highest BCUT2D eigenvalue weighted by Crippen LogP contribution is 2.28. The predicted octanol–water partition coefficient (Wildman–Crippen LogP) is 5.95. The predicted molar refractivity (Wildman–Crippen MR) is 124 cm³/mol. The van der Waals surface area contributed by atoms with Crippen molar-refractivity contribution in [1.29, 1.82) is 0 Å². The van der Waals surface area contributed by atoms with Crippen LogP contribution in [0.25, 0.3) is 0 Å². The summed E-state index contributed by atoms with van der Waals surface area (Å²) in [5.74, 6) is 1.67. The standard InChI is InChI=1S/C26H40N2/c1-5-10-26(24(6-2)7-3)20-28-18-23-15-13-22(14-16-23)17-27-19-25-12-9-8-11-21(25)4/h5-6,8-12,22-23,27-28H,1,7,13-20H2,2-4H3/b24-6-,26-10-. The molecular weight excluding hydrogens is 340 g/mol. The SMILES string of the molecule is C=C/C=C(CNCC1CCC(CNCc2ccccc2C)CC1)\C(=C/C)CC. The van der Waals surface area contributed by atoms with Gasteiger partial charge < -0.3 is 10.6 Å². The Morgan fingerprint density at radius 2 is 1.68 bits per heavy atom. The van der Waals surface area contributed by atoms with Crippen LogP contribution in [0, 0.1) is 18.8 Å². The van der Waals surface area contributed by atoms with Crippen molar-refractivity contribution in [2.24, 2.45) is 11.8 Å². The maximum Gasteiger partial charge on any atom is 0.0208 e. The molecule has 2 nitrogen and oxygen atoms in total. The van der Waals surface area contributed by atoms with Gasteiger partial charge in [0.25, 0.3) is 0 Å². The van der Waals surface area contributed by atoms with E-state index in [9.17, 15) is 0 Å². The number of benzene rings is 1. The van der Waals surface area contributed by atoms with Crippen LogP contribution in [0.15, 0.2) is 60.2 Å². The Balaban J connectivity index is 1.65. The molecule has 154 valence electrons. The molecule has 0 bridgehead atoms. The van der Waals surface area contributed by atoms with E-state index < -0.39 is 0 Å². The zero-order chi connectivity index (χ0) is 20.2. The molecule has 0 atom stereocenters. The molecule has 2 N–H and O–H groups in total. The van der Waals surface area contributed by atoms with Crippen LogP contribution in [-0.4, -0.2) is 19.6 Å². The molecule has 1 aliphatic rings. The van der Waals surface area contributed by atoms with Gasteiger partial charge in [-0.05, 0) is 93.2 Å². The van der Waals surface area contributed by atoms with Crippen molar-refractivity contribution in [3.63, 3.8) is 0 Å². The van der Waals surface area contributed by atoms with E-state index in [1.165, 1.54) is 48.0 Å². The molecule has 28 heavy (non-hydrogen) atoms. The van der Waals surface area contributed by atoms with Crippen LogP contribution in [-0.2, 0) is 6.54 Å². The van der Waals surface area contributed by atoms with Crippen LogP contribution in [0.2, 0.25) is 0 Å². The van der Waals surface area contributed by atoms with Gasteiger partial charge in [-0.2, -0.15) is 0 Å². The molecule has 0 heterocycles. The van der Waals surface area contributed by atoms with E-state index >= 15 is 0 Å². The largest absolute Gasteiger partial charge is 0.312 e. The number of hydrogen-bond acceptors (Lipinski definition) is 2. The topological polar surface area (TPSA) is 24.1 Å². The first-order valence-corrected chi connectivity index (χ1v) is 11.1. The summed E-state index contributed by atoms with van der Waals surface area (Å²) < 4.78 is 0. The Hall–Kier alpha value is -1.64. The zero-order valence-corrected chi connectivity index (χ0v) is 18.3. The first-order chi connectivity index (χ1) is 13.7. The van der Waals surface area contributed by atoms with Gasteiger partial charge in [-0.1, -0.05) is 56.0 Å². The third kappa shape index (κ3) is 7.41. The first kappa shape index (κ1) is 22.6. The third-order valence-electron chi connectivity index (χ3n) is 6.19. The highest BCUT2D eigenvalue weighted by atomic mass is 14.9. The molecule has 1 saturated carbocycles. The van der Waals surface area contributed by atoms with Crippen LogP contribution >= 0.6 is 0 Å². The van der Waals surface area contributed by atoms with E-state index in [0.29, 0.717) is 0 Å². The monoisotopic (exact) mass is 380 g/mol. The maximum absolute atomic E-state index is 3.87. The van der Waals surface area contributed by atoms with Crippen LogP contribution in [0.1, 0.15) is 57.1 Å². The number of rotatable bonds is 11. The molecule has 1 aliphatic carbocycles. The summed E-state index contributed by atoms with van der Waals surface area (Å²) in [6.07, 6.45) is 12.8. The second-order valence-electron chi connectivity index (χ2n) is 8.17. The van der Waals surface area contributed by atoms with E-state index in [2.05, 4.69) is 74.4 Å². The Morgan fingerprint density at radius 3 is 2.25 bits per heavy atom. The molecule has 1 fully saturated rings. The van der Waals surface area contributed by atoms with Gasteiger partial charge in [-0.15, -0.1) is 0 Å². The number of aryl methyl sites for hydroxylation is 1. The highest BCUT2D eigenvalue weighted by Gasteiger charge is 2.20. The van der Waals surface area contributed by atoms with Crippen LogP contribution in [0.3, 0.4) is 0 Å². The van der Waals surface area contributed by atoms with Crippen LogP contribution in [0.4, 0.5) is 0 Å². The number of nitrogens with one attached hydrogen (secondary N) is 2. The molecule has 0 spiro atoms. The second-order valence-corrected chi connectivity index (χ2v) is 8.17. The summed E-state index contributed by atoms with van der Waals surface area (Å²) in [6, 6.07) is 8.69. The summed E-state index contributed by atoms with van der Waals surface area (Å²) in [7, 11) is 0. The summed E-state index contributed by atoms with van der Waals surface area (Å²) >= 11 is 0. The third-order valence-corrected chi connectivity index (χ3v) is 6.19. The van der Waals surface area contributed by atoms with Gasteiger partial charge in [-0.3, -0.25) is 0 Å². The molecule has 0 saturated heterocycles. The number of hydrogen-bond donors (Lipinski definition) is 2. The molecule has 2 heteroatoms. The summed E-state index contributed by atoms with van der Waals surface area (Å²) in [5, 5.41) is 7.39. The molecule has 1 aromatic carbocycles. The molecule has 0 unspecified atom stereocenters. The van der Waals surface area contributed by atoms with Gasteiger partial charge in [-0.25, -0.2) is 0 Å². The minimum Gasteiger partial charge on any atom is -0.312 e. The second kappa shape index (κ2) is 12.7. The molecule has 0 amide bonds. The van der Waals surface area contributed by atoms with E-state index in [1.807, 2.05) is 6.08 Å². The van der Waals surface area contributed by atoms with Crippen molar-refractivity contribution in [2.45, 2.75) is 59.4 Å². The molecule has 0 aromatic heterocycles. The maximum atomic E-state index is 3.87. The van der Waals surface area contributed by atoms with Gasteiger partial charge in [0, 0.05) is 13.1 Å². The lowest BCUT2D eigenvalue weighted by atomic mass is 9.82. The first-order valence-electron chi connectivity index (χ1n) is 11.1. The average molecular weight is 381 g/mol. The lowest BCUT2D eigenvalue weighted by Crippen LogP contribution is -2.31. The fraction of sp³-hybridized carbons (Fsp3) is 0.538. The average Bonchev–Trinajstić information content (AvgIpc) is 2.71. The summed E-state index contributed by atoms with van der Waals surface area (Å²) in [4.78, 5) is 0. The van der Waals surface area contributed by atoms with E-state index in [1.54, 1.807) is 0 Å². The van der Waals surface area contributed by atoms with Crippen molar-refractivity contribution < 1.29 is 0 Å². The molecular formula is C26H40N2. The fourth-order valence-electron chi connectivity index (χ4n) is 4.31. The van der Waals surface area contributed by atoms with Gasteiger partial charge in [0.05, 0.1) is 0 Å². The smallest absolute Gasteiger partial charge is 0.0208 e. The highest BCUT2D eigenvalue weighted by molar-refractivity contribution is 5.34. The fourth-order valence-corrected chi connectivity index (χ4v) is 4.31. The molecule has 0 radical (unpaired) electrons. The Kier molecular flexibility index (Phi) is 10.3. The minimum atomic E-state index is 0.827. The molecule has 1 aromatic rings. The normalized spacial score (nSPS) is 21.0. The van der Waals surface area contributed by atoms with E-state index in [-0.39, 0.29) is 0 Å². The van der Waals surface area contributed by atoms with Gasteiger partial charge in [0.15, 0.2) is 0 Å². The Bertz CT molecular complexity index is 648. The van der Waals surface area contributed by atoms with Crippen LogP contribution < -0.4 is 10.6 Å². The van der Waals surface area contributed by atoms with Crippen molar-refractivity contribution in [3.05, 3.63) is 71.3 Å². The van der Waals surface area contributed by atoms with Gasteiger partial charge >= 0.3 is 0 Å². The van der Waals surface area contributed by atoms with Crippen LogP contribution in [0.5, 0.6) is 0 Å². The van der Waals surface area contributed by atoms with Crippen molar-refractivity contribution in [1.82, 2.24) is 10.6 Å². The molecule has 2 rings (SSSR count). The lowest BCUT2D eigenvalue weighted by molar-refractivity contribution is 0.262. The Labute approximate surface area is 173 Å². The van der Waals surface area contributed by atoms with E-state index in [4.69, 9.17) is 0 Å². The number of allylic oxidation sites excluding steroid dienone is 3. The van der Waals surface area contributed by atoms with Crippen molar-refractivity contribution >= 4 is 0 Å². The van der Waals surface area contributed by atoms with Gasteiger partial charge in [0.1, 0.15) is 0 Å². The van der Waals surface area contributed by atoms with Crippen molar-refractivity contribution in [3.8, 4) is 0 Å². The minimum absolute atomic E-state index is 0.827. The van der Waals surface area contributed by atoms with E-state index in [0.717, 1.165) is 44.4 Å². The zero-order valence-electron chi connectivity index (χ0n) is 18.3. The van der Waals surface area contributed by atoms with Gasteiger partial charge in [0.2, 0.25) is 0 Å². The summed E-state index contributed by atoms with van der Waals surface area (Å²) in [5.41, 5.74) is 5.63. The Morgan fingerprint density at radius 1 is 1.04 bits per heavy atom. The lowest BCUT2D eigenvalue weighted by Gasteiger charge is -2.29. The molecule has 0 aliphatic heterocycles. The van der Waals surface area contributed by atoms with Crippen molar-refractivity contribution in [2.75, 3.05) is 19.6 Å².